The number of carbonyl (C=O) groups excluding carboxylic acids is 1. The van der Waals surface area contributed by atoms with Crippen LogP contribution in [0.5, 0.6) is 5.75 Å². The zero-order valence-electron chi connectivity index (χ0n) is 15.3. The number of halogens is 1. The van der Waals surface area contributed by atoms with Crippen molar-refractivity contribution >= 4 is 16.9 Å². The minimum atomic E-state index is -0.832. The molecule has 29 heavy (non-hydrogen) atoms. The third kappa shape index (κ3) is 3.70. The molecule has 2 aromatic heterocycles. The second-order valence-electron chi connectivity index (χ2n) is 6.24. The third-order valence-electron chi connectivity index (χ3n) is 4.22. The average molecular weight is 393 g/mol. The van der Waals surface area contributed by atoms with Gasteiger partial charge in [0.25, 0.3) is 11.5 Å². The molecule has 8 nitrogen and oxygen atoms in total. The molecule has 1 atom stereocenters. The molecule has 4 aromatic rings. The first-order valence-corrected chi connectivity index (χ1v) is 8.77. The van der Waals surface area contributed by atoms with E-state index >= 15 is 0 Å². The summed E-state index contributed by atoms with van der Waals surface area (Å²) in [4.78, 5) is 29.3. The van der Waals surface area contributed by atoms with Crippen molar-refractivity contribution in [3.05, 3.63) is 83.3 Å². The molecule has 0 unspecified atom stereocenters. The number of hydrogen-bond donors (Lipinski definition) is 1. The van der Waals surface area contributed by atoms with Crippen molar-refractivity contribution in [3.63, 3.8) is 0 Å². The zero-order valence-corrected chi connectivity index (χ0v) is 15.3. The van der Waals surface area contributed by atoms with Crippen LogP contribution in [0.25, 0.3) is 16.7 Å². The van der Waals surface area contributed by atoms with Gasteiger partial charge in [-0.25, -0.2) is 18.7 Å². The van der Waals surface area contributed by atoms with E-state index in [2.05, 4.69) is 15.5 Å². The van der Waals surface area contributed by atoms with Crippen LogP contribution in [0.15, 0.2) is 71.9 Å². The number of nitrogens with zero attached hydrogens (tertiary/aromatic N) is 4. The molecule has 1 amide bonds. The summed E-state index contributed by atoms with van der Waals surface area (Å²) in [6, 6.07) is 14.5. The normalized spacial score (nSPS) is 11.9. The molecule has 146 valence electrons. The number of rotatable bonds is 5. The van der Waals surface area contributed by atoms with Crippen LogP contribution in [0.2, 0.25) is 0 Å². The lowest BCUT2D eigenvalue weighted by molar-refractivity contribution is -0.123. The first-order chi connectivity index (χ1) is 14.0. The van der Waals surface area contributed by atoms with Gasteiger partial charge >= 0.3 is 0 Å². The number of aromatic nitrogens is 4. The highest BCUT2D eigenvalue weighted by molar-refractivity contribution is 5.88. The maximum atomic E-state index is 13.1. The van der Waals surface area contributed by atoms with Gasteiger partial charge in [0, 0.05) is 0 Å². The lowest BCUT2D eigenvalue weighted by Crippen LogP contribution is -2.39. The van der Waals surface area contributed by atoms with E-state index in [9.17, 15) is 14.0 Å². The van der Waals surface area contributed by atoms with E-state index in [0.29, 0.717) is 17.1 Å². The minimum absolute atomic E-state index is 0.203. The summed E-state index contributed by atoms with van der Waals surface area (Å²) in [7, 11) is 0. The Kier molecular flexibility index (Phi) is 4.78. The van der Waals surface area contributed by atoms with Gasteiger partial charge in [0.1, 0.15) is 23.3 Å². The number of para-hydroxylation sites is 1. The summed E-state index contributed by atoms with van der Waals surface area (Å²) in [5.41, 5.74) is 2.82. The van der Waals surface area contributed by atoms with Gasteiger partial charge in [-0.2, -0.15) is 5.10 Å². The Bertz CT molecular complexity index is 1220. The maximum Gasteiger partial charge on any atom is 0.283 e. The summed E-state index contributed by atoms with van der Waals surface area (Å²) in [5.74, 6) is -0.352. The summed E-state index contributed by atoms with van der Waals surface area (Å²) >= 11 is 0. The Morgan fingerprint density at radius 1 is 1.14 bits per heavy atom. The molecule has 0 fully saturated rings. The fraction of sp³-hybridized carbons (Fsp3) is 0.100. The number of carbonyl (C=O) groups is 1. The summed E-state index contributed by atoms with van der Waals surface area (Å²) in [6.07, 6.45) is 1.71. The highest BCUT2D eigenvalue weighted by Crippen LogP contribution is 2.14. The number of nitrogens with one attached hydrogen (secondary N) is 1. The van der Waals surface area contributed by atoms with Crippen LogP contribution >= 0.6 is 0 Å². The summed E-state index contributed by atoms with van der Waals surface area (Å²) in [5, 5.41) is 4.35. The second kappa shape index (κ2) is 7.55. The van der Waals surface area contributed by atoms with Crippen LogP contribution in [0.4, 0.5) is 4.39 Å². The second-order valence-corrected chi connectivity index (χ2v) is 6.24. The number of hydrogen-bond acceptors (Lipinski definition) is 5. The highest BCUT2D eigenvalue weighted by atomic mass is 19.1. The van der Waals surface area contributed by atoms with E-state index < -0.39 is 17.6 Å². The molecule has 4 rings (SSSR count). The van der Waals surface area contributed by atoms with E-state index in [1.807, 2.05) is 6.07 Å². The molecule has 2 heterocycles. The van der Waals surface area contributed by atoms with Gasteiger partial charge in [-0.3, -0.25) is 15.0 Å². The van der Waals surface area contributed by atoms with Gasteiger partial charge in [-0.15, -0.1) is 0 Å². The Balaban J connectivity index is 1.57. The topological polar surface area (TPSA) is 91.0 Å². The lowest BCUT2D eigenvalue weighted by atomic mass is 10.3. The van der Waals surface area contributed by atoms with Crippen molar-refractivity contribution in [1.29, 1.82) is 0 Å². The van der Waals surface area contributed by atoms with Gasteiger partial charge < -0.3 is 4.74 Å². The van der Waals surface area contributed by atoms with Crippen molar-refractivity contribution in [1.82, 2.24) is 19.4 Å². The molecular formula is C20H16FN5O3. The SMILES string of the molecule is C[C@H](Oc1ccccc1)C(=O)Nn1cnc2c(cnn2-c2ccc(F)cc2)c1=O. The quantitative estimate of drug-likeness (QED) is 0.562. The molecule has 0 bridgehead atoms. The van der Waals surface area contributed by atoms with E-state index in [-0.39, 0.29) is 11.2 Å². The fourth-order valence-corrected chi connectivity index (χ4v) is 2.73. The van der Waals surface area contributed by atoms with Crippen molar-refractivity contribution < 1.29 is 13.9 Å². The molecular weight excluding hydrogens is 377 g/mol. The first-order valence-electron chi connectivity index (χ1n) is 8.77. The van der Waals surface area contributed by atoms with E-state index in [0.717, 1.165) is 4.68 Å². The summed E-state index contributed by atoms with van der Waals surface area (Å²) in [6.45, 7) is 1.58. The molecule has 0 spiro atoms. The molecule has 1 N–H and O–H groups in total. The van der Waals surface area contributed by atoms with Gasteiger partial charge in [0.05, 0.1) is 11.9 Å². The van der Waals surface area contributed by atoms with Crippen LogP contribution in [-0.4, -0.2) is 31.5 Å². The molecule has 0 saturated heterocycles. The van der Waals surface area contributed by atoms with Crippen LogP contribution in [0, 0.1) is 5.82 Å². The molecule has 0 aliphatic carbocycles. The van der Waals surface area contributed by atoms with Crippen molar-refractivity contribution in [2.24, 2.45) is 0 Å². The predicted octanol–water partition coefficient (Wildman–Crippen LogP) is 2.26. The predicted molar refractivity (Wildman–Crippen MR) is 104 cm³/mol. The van der Waals surface area contributed by atoms with E-state index in [4.69, 9.17) is 4.74 Å². The van der Waals surface area contributed by atoms with Crippen LogP contribution in [-0.2, 0) is 4.79 Å². The monoisotopic (exact) mass is 393 g/mol. The Morgan fingerprint density at radius 2 is 1.86 bits per heavy atom. The van der Waals surface area contributed by atoms with Crippen molar-refractivity contribution in [2.45, 2.75) is 13.0 Å². The standard InChI is InChI=1S/C20H16FN5O3/c1-13(29-16-5-3-2-4-6-16)19(27)24-25-12-22-18-17(20(25)28)11-23-26(18)15-9-7-14(21)8-10-15/h2-13H,1H3,(H,24,27)/t13-/m0/s1. The first kappa shape index (κ1) is 18.4. The smallest absolute Gasteiger partial charge is 0.283 e. The van der Waals surface area contributed by atoms with E-state index in [1.165, 1.54) is 41.5 Å². The Morgan fingerprint density at radius 3 is 2.59 bits per heavy atom. The third-order valence-corrected chi connectivity index (χ3v) is 4.22. The van der Waals surface area contributed by atoms with Crippen LogP contribution in [0.3, 0.4) is 0 Å². The Labute approximate surface area is 164 Å². The van der Waals surface area contributed by atoms with Gasteiger partial charge in [0.2, 0.25) is 0 Å². The number of amides is 1. The molecule has 0 aliphatic heterocycles. The average Bonchev–Trinajstić information content (AvgIpc) is 3.16. The zero-order chi connectivity index (χ0) is 20.4. The number of benzene rings is 2. The van der Waals surface area contributed by atoms with Gasteiger partial charge in [0.15, 0.2) is 11.8 Å². The molecule has 0 saturated carbocycles. The van der Waals surface area contributed by atoms with E-state index in [1.54, 1.807) is 31.2 Å². The molecule has 9 heteroatoms. The molecule has 0 aliphatic rings. The Hall–Kier alpha value is -4.01. The number of fused-ring (bicyclic) bond motifs is 1. The van der Waals surface area contributed by atoms with Crippen molar-refractivity contribution in [2.75, 3.05) is 5.43 Å². The van der Waals surface area contributed by atoms with Crippen LogP contribution < -0.4 is 15.7 Å². The lowest BCUT2D eigenvalue weighted by Gasteiger charge is -2.15. The van der Waals surface area contributed by atoms with Gasteiger partial charge in [-0.05, 0) is 43.3 Å². The summed E-state index contributed by atoms with van der Waals surface area (Å²) < 4.78 is 21.1. The van der Waals surface area contributed by atoms with Gasteiger partial charge in [-0.1, -0.05) is 18.2 Å². The highest BCUT2D eigenvalue weighted by Gasteiger charge is 2.17. The molecule has 0 radical (unpaired) electrons. The maximum absolute atomic E-state index is 13.1. The molecule has 2 aromatic carbocycles. The number of ether oxygens (including phenoxy) is 1. The van der Waals surface area contributed by atoms with Crippen LogP contribution in [0.1, 0.15) is 6.92 Å². The van der Waals surface area contributed by atoms with Crippen molar-refractivity contribution in [3.8, 4) is 11.4 Å². The minimum Gasteiger partial charge on any atom is -0.481 e. The fourth-order valence-electron chi connectivity index (χ4n) is 2.73. The largest absolute Gasteiger partial charge is 0.481 e.